The smallest absolute Gasteiger partial charge is 0.277 e. The van der Waals surface area contributed by atoms with Gasteiger partial charge in [0.25, 0.3) is 5.91 Å². The number of carbonyl (C=O) groups is 1. The summed E-state index contributed by atoms with van der Waals surface area (Å²) in [6, 6.07) is 14.8. The Bertz CT molecular complexity index is 637. The van der Waals surface area contributed by atoms with Crippen LogP contribution < -0.4 is 10.2 Å². The summed E-state index contributed by atoms with van der Waals surface area (Å²) in [6.07, 6.45) is 2.59. The topological polar surface area (TPSA) is 50.7 Å². The van der Waals surface area contributed by atoms with Gasteiger partial charge in [0.15, 0.2) is 6.61 Å². The van der Waals surface area contributed by atoms with Gasteiger partial charge in [-0.05, 0) is 41.8 Å². The SMILES string of the molecule is CCc1ccc(/C=N/NC(=O)COc2ccc(Cl)cc2)cc1. The second-order valence-corrected chi connectivity index (χ2v) is 5.07. The molecule has 2 aromatic carbocycles. The van der Waals surface area contributed by atoms with Crippen molar-refractivity contribution >= 4 is 23.7 Å². The van der Waals surface area contributed by atoms with E-state index < -0.39 is 0 Å². The third-order valence-corrected chi connectivity index (χ3v) is 3.23. The molecule has 0 atom stereocenters. The van der Waals surface area contributed by atoms with Gasteiger partial charge in [0, 0.05) is 5.02 Å². The lowest BCUT2D eigenvalue weighted by molar-refractivity contribution is -0.123. The summed E-state index contributed by atoms with van der Waals surface area (Å²) in [7, 11) is 0. The van der Waals surface area contributed by atoms with Crippen LogP contribution in [0.15, 0.2) is 53.6 Å². The Morgan fingerprint density at radius 3 is 2.50 bits per heavy atom. The molecule has 0 aliphatic carbocycles. The van der Waals surface area contributed by atoms with Crippen LogP contribution in [0, 0.1) is 0 Å². The molecule has 0 heterocycles. The molecule has 114 valence electrons. The fourth-order valence-electron chi connectivity index (χ4n) is 1.73. The average molecular weight is 317 g/mol. The standard InChI is InChI=1S/C17H17ClN2O2/c1-2-13-3-5-14(6-4-13)11-19-20-17(21)12-22-16-9-7-15(18)8-10-16/h3-11H,2,12H2,1H3,(H,20,21)/b19-11+. The molecule has 0 unspecified atom stereocenters. The largest absolute Gasteiger partial charge is 0.484 e. The van der Waals surface area contributed by atoms with Crippen LogP contribution in [-0.2, 0) is 11.2 Å². The van der Waals surface area contributed by atoms with Crippen molar-refractivity contribution in [1.29, 1.82) is 0 Å². The molecule has 22 heavy (non-hydrogen) atoms. The molecule has 0 saturated heterocycles. The highest BCUT2D eigenvalue weighted by Crippen LogP contribution is 2.15. The first-order valence-electron chi connectivity index (χ1n) is 6.96. The van der Waals surface area contributed by atoms with Crippen LogP contribution in [0.4, 0.5) is 0 Å². The summed E-state index contributed by atoms with van der Waals surface area (Å²) in [4.78, 5) is 11.6. The van der Waals surface area contributed by atoms with E-state index in [1.54, 1.807) is 30.5 Å². The van der Waals surface area contributed by atoms with Crippen molar-refractivity contribution in [3.63, 3.8) is 0 Å². The molecule has 0 saturated carbocycles. The Balaban J connectivity index is 1.76. The minimum absolute atomic E-state index is 0.103. The van der Waals surface area contributed by atoms with Gasteiger partial charge in [0.1, 0.15) is 5.75 Å². The van der Waals surface area contributed by atoms with Crippen molar-refractivity contribution in [1.82, 2.24) is 5.43 Å². The van der Waals surface area contributed by atoms with E-state index in [4.69, 9.17) is 16.3 Å². The maximum Gasteiger partial charge on any atom is 0.277 e. The molecule has 5 heteroatoms. The summed E-state index contributed by atoms with van der Waals surface area (Å²) in [5, 5.41) is 4.52. The molecule has 0 radical (unpaired) electrons. The van der Waals surface area contributed by atoms with Gasteiger partial charge in [-0.2, -0.15) is 5.10 Å². The van der Waals surface area contributed by atoms with Gasteiger partial charge in [-0.15, -0.1) is 0 Å². The Morgan fingerprint density at radius 2 is 1.86 bits per heavy atom. The molecule has 0 aliphatic heterocycles. The van der Waals surface area contributed by atoms with Gasteiger partial charge in [-0.25, -0.2) is 5.43 Å². The van der Waals surface area contributed by atoms with Gasteiger partial charge >= 0.3 is 0 Å². The van der Waals surface area contributed by atoms with Crippen molar-refractivity contribution < 1.29 is 9.53 Å². The highest BCUT2D eigenvalue weighted by atomic mass is 35.5. The number of nitrogens with zero attached hydrogens (tertiary/aromatic N) is 1. The highest BCUT2D eigenvalue weighted by Gasteiger charge is 2.01. The minimum Gasteiger partial charge on any atom is -0.484 e. The second-order valence-electron chi connectivity index (χ2n) is 4.63. The second kappa shape index (κ2) is 8.20. The number of aryl methyl sites for hydroxylation is 1. The van der Waals surface area contributed by atoms with Crippen LogP contribution in [0.1, 0.15) is 18.1 Å². The third-order valence-electron chi connectivity index (χ3n) is 2.97. The summed E-state index contributed by atoms with van der Waals surface area (Å²) < 4.78 is 5.31. The quantitative estimate of drug-likeness (QED) is 0.655. The average Bonchev–Trinajstić information content (AvgIpc) is 2.55. The zero-order chi connectivity index (χ0) is 15.8. The number of rotatable bonds is 6. The third kappa shape index (κ3) is 5.22. The molecule has 0 spiro atoms. The number of hydrogen-bond donors (Lipinski definition) is 1. The molecular formula is C17H17ClN2O2. The van der Waals surface area contributed by atoms with E-state index in [1.807, 2.05) is 24.3 Å². The Kier molecular flexibility index (Phi) is 5.98. The first kappa shape index (κ1) is 16.0. The van der Waals surface area contributed by atoms with E-state index in [2.05, 4.69) is 17.5 Å². The van der Waals surface area contributed by atoms with Gasteiger partial charge < -0.3 is 4.74 Å². The number of carbonyl (C=O) groups excluding carboxylic acids is 1. The number of hydrazone groups is 1. The van der Waals surface area contributed by atoms with Gasteiger partial charge in [-0.3, -0.25) is 4.79 Å². The Labute approximate surface area is 134 Å². The van der Waals surface area contributed by atoms with E-state index >= 15 is 0 Å². The van der Waals surface area contributed by atoms with Crippen molar-refractivity contribution in [2.45, 2.75) is 13.3 Å². The summed E-state index contributed by atoms with van der Waals surface area (Å²) in [5.41, 5.74) is 4.61. The van der Waals surface area contributed by atoms with Gasteiger partial charge in [0.05, 0.1) is 6.21 Å². The molecule has 0 aliphatic rings. The summed E-state index contributed by atoms with van der Waals surface area (Å²) in [5.74, 6) is 0.259. The molecular weight excluding hydrogens is 300 g/mol. The molecule has 0 fully saturated rings. The lowest BCUT2D eigenvalue weighted by atomic mass is 10.1. The van der Waals surface area contributed by atoms with E-state index in [0.29, 0.717) is 10.8 Å². The molecule has 2 aromatic rings. The molecule has 2 rings (SSSR count). The lowest BCUT2D eigenvalue weighted by Crippen LogP contribution is -2.24. The predicted molar refractivity (Wildman–Crippen MR) is 88.5 cm³/mol. The highest BCUT2D eigenvalue weighted by molar-refractivity contribution is 6.30. The fourth-order valence-corrected chi connectivity index (χ4v) is 1.86. The maximum atomic E-state index is 11.6. The predicted octanol–water partition coefficient (Wildman–Crippen LogP) is 3.43. The number of hydrogen-bond acceptors (Lipinski definition) is 3. The molecule has 0 bridgehead atoms. The molecule has 0 aromatic heterocycles. The molecule has 1 amide bonds. The molecule has 1 N–H and O–H groups in total. The van der Waals surface area contributed by atoms with E-state index in [-0.39, 0.29) is 12.5 Å². The van der Waals surface area contributed by atoms with Gasteiger partial charge in [-0.1, -0.05) is 42.8 Å². The zero-order valence-electron chi connectivity index (χ0n) is 12.3. The molecule has 4 nitrogen and oxygen atoms in total. The van der Waals surface area contributed by atoms with E-state index in [9.17, 15) is 4.79 Å². The van der Waals surface area contributed by atoms with Crippen LogP contribution in [0.3, 0.4) is 0 Å². The van der Waals surface area contributed by atoms with Crippen molar-refractivity contribution in [2.24, 2.45) is 5.10 Å². The number of ether oxygens (including phenoxy) is 1. The van der Waals surface area contributed by atoms with Crippen LogP contribution in [0.5, 0.6) is 5.75 Å². The summed E-state index contributed by atoms with van der Waals surface area (Å²) in [6.45, 7) is 2.00. The Morgan fingerprint density at radius 1 is 1.18 bits per heavy atom. The number of halogens is 1. The lowest BCUT2D eigenvalue weighted by Gasteiger charge is -2.04. The summed E-state index contributed by atoms with van der Waals surface area (Å²) >= 11 is 5.77. The number of amides is 1. The van der Waals surface area contributed by atoms with Crippen molar-refractivity contribution in [3.8, 4) is 5.75 Å². The zero-order valence-corrected chi connectivity index (χ0v) is 13.0. The Hall–Kier alpha value is -2.33. The maximum absolute atomic E-state index is 11.6. The van der Waals surface area contributed by atoms with Crippen LogP contribution in [0.2, 0.25) is 5.02 Å². The van der Waals surface area contributed by atoms with Gasteiger partial charge in [0.2, 0.25) is 0 Å². The minimum atomic E-state index is -0.323. The van der Waals surface area contributed by atoms with Crippen molar-refractivity contribution in [2.75, 3.05) is 6.61 Å². The van der Waals surface area contributed by atoms with Crippen molar-refractivity contribution in [3.05, 3.63) is 64.7 Å². The first-order valence-corrected chi connectivity index (χ1v) is 7.34. The first-order chi connectivity index (χ1) is 10.7. The normalized spacial score (nSPS) is 10.6. The van der Waals surface area contributed by atoms with Crippen LogP contribution >= 0.6 is 11.6 Å². The number of benzene rings is 2. The fraction of sp³-hybridized carbons (Fsp3) is 0.176. The monoisotopic (exact) mass is 316 g/mol. The number of nitrogens with one attached hydrogen (secondary N) is 1. The van der Waals surface area contributed by atoms with E-state index in [0.717, 1.165) is 12.0 Å². The van der Waals surface area contributed by atoms with Crippen LogP contribution in [0.25, 0.3) is 0 Å². The van der Waals surface area contributed by atoms with E-state index in [1.165, 1.54) is 5.56 Å². The van der Waals surface area contributed by atoms with Crippen LogP contribution in [-0.4, -0.2) is 18.7 Å².